The van der Waals surface area contributed by atoms with Crippen molar-refractivity contribution in [1.82, 2.24) is 9.47 Å². The summed E-state index contributed by atoms with van der Waals surface area (Å²) < 4.78 is 40.7. The lowest BCUT2D eigenvalue weighted by atomic mass is 10.0. The topological polar surface area (TPSA) is 25.2 Å². The van der Waals surface area contributed by atoms with Crippen LogP contribution in [0.1, 0.15) is 16.8 Å². The molecule has 1 aliphatic rings. The summed E-state index contributed by atoms with van der Waals surface area (Å²) in [4.78, 5) is 12.6. The molecule has 0 N–H and O–H groups in total. The lowest BCUT2D eigenvalue weighted by molar-refractivity contribution is -0.186. The highest BCUT2D eigenvalue weighted by atomic mass is 35.5. The zero-order valence-electron chi connectivity index (χ0n) is 14.3. The summed E-state index contributed by atoms with van der Waals surface area (Å²) in [6.07, 6.45) is -4.49. The Morgan fingerprint density at radius 2 is 1.85 bits per heavy atom. The minimum absolute atomic E-state index is 0.0440. The van der Waals surface area contributed by atoms with Crippen LogP contribution in [0.3, 0.4) is 0 Å². The third-order valence-corrected chi connectivity index (χ3v) is 5.17. The Morgan fingerprint density at radius 1 is 1.11 bits per heavy atom. The summed E-state index contributed by atoms with van der Waals surface area (Å²) in [6.45, 7) is 0.497. The Hall–Kier alpha value is -2.47. The number of aromatic nitrogens is 1. The number of alkyl halides is 3. The van der Waals surface area contributed by atoms with Crippen molar-refractivity contribution in [2.75, 3.05) is 6.54 Å². The molecule has 4 rings (SSSR count). The first kappa shape index (κ1) is 17.9. The van der Waals surface area contributed by atoms with Crippen molar-refractivity contribution < 1.29 is 18.0 Å². The van der Waals surface area contributed by atoms with Gasteiger partial charge in [0.2, 0.25) is 0 Å². The molecule has 2 heterocycles. The van der Waals surface area contributed by atoms with Gasteiger partial charge in [-0.25, -0.2) is 0 Å². The molecule has 0 spiro atoms. The van der Waals surface area contributed by atoms with Crippen molar-refractivity contribution in [2.24, 2.45) is 0 Å². The van der Waals surface area contributed by atoms with Crippen LogP contribution in [0.5, 0.6) is 0 Å². The smallest absolute Gasteiger partial charge is 0.338 e. The number of halogens is 4. The first-order chi connectivity index (χ1) is 12.8. The minimum atomic E-state index is -4.86. The van der Waals surface area contributed by atoms with E-state index in [0.29, 0.717) is 18.0 Å². The van der Waals surface area contributed by atoms with Crippen LogP contribution in [0.25, 0.3) is 10.9 Å². The Bertz CT molecular complexity index is 1010. The van der Waals surface area contributed by atoms with Gasteiger partial charge in [-0.05, 0) is 35.7 Å². The molecule has 0 saturated carbocycles. The molecule has 1 aromatic heterocycles. The standard InChI is InChI=1S/C20H16ClF3N2O/c21-14-6-7-17-16(10-14)15-8-9-25(19(27)20(22,23)24)12-18(15)26(17)11-13-4-2-1-3-5-13/h1-7,10H,8-9,11-12H2. The molecular weight excluding hydrogens is 377 g/mol. The number of fused-ring (bicyclic) bond motifs is 3. The van der Waals surface area contributed by atoms with E-state index < -0.39 is 12.1 Å². The van der Waals surface area contributed by atoms with Crippen LogP contribution in [0.4, 0.5) is 13.2 Å². The molecule has 0 bridgehead atoms. The molecule has 1 aliphatic heterocycles. The third-order valence-electron chi connectivity index (χ3n) is 4.93. The highest BCUT2D eigenvalue weighted by Crippen LogP contribution is 2.34. The quantitative estimate of drug-likeness (QED) is 0.615. The number of nitrogens with zero attached hydrogens (tertiary/aromatic N) is 2. The average Bonchev–Trinajstić information content (AvgIpc) is 2.94. The summed E-state index contributed by atoms with van der Waals surface area (Å²) in [7, 11) is 0. The second kappa shape index (κ2) is 6.60. The van der Waals surface area contributed by atoms with E-state index in [1.807, 2.05) is 47.0 Å². The second-order valence-electron chi connectivity index (χ2n) is 6.63. The number of rotatable bonds is 2. The number of carbonyl (C=O) groups excluding carboxylic acids is 1. The van der Waals surface area contributed by atoms with Crippen molar-refractivity contribution in [2.45, 2.75) is 25.7 Å². The summed E-state index contributed by atoms with van der Waals surface area (Å²) in [5, 5.41) is 1.52. The Morgan fingerprint density at radius 3 is 2.56 bits per heavy atom. The number of benzene rings is 2. The molecule has 0 atom stereocenters. The van der Waals surface area contributed by atoms with E-state index in [4.69, 9.17) is 11.6 Å². The van der Waals surface area contributed by atoms with Gasteiger partial charge in [0.05, 0.1) is 6.54 Å². The molecule has 140 valence electrons. The maximum Gasteiger partial charge on any atom is 0.471 e. The average molecular weight is 393 g/mol. The molecule has 0 aliphatic carbocycles. The number of hydrogen-bond acceptors (Lipinski definition) is 1. The molecule has 27 heavy (non-hydrogen) atoms. The van der Waals surface area contributed by atoms with E-state index in [9.17, 15) is 18.0 Å². The Labute approximate surface area is 158 Å². The molecule has 0 unspecified atom stereocenters. The van der Waals surface area contributed by atoms with E-state index >= 15 is 0 Å². The van der Waals surface area contributed by atoms with Gasteiger partial charge in [-0.3, -0.25) is 4.79 Å². The van der Waals surface area contributed by atoms with Crippen LogP contribution >= 0.6 is 11.6 Å². The fourth-order valence-electron chi connectivity index (χ4n) is 3.71. The zero-order chi connectivity index (χ0) is 19.2. The third kappa shape index (κ3) is 3.30. The number of carbonyl (C=O) groups is 1. The first-order valence-corrected chi connectivity index (χ1v) is 8.92. The summed E-state index contributed by atoms with van der Waals surface area (Å²) in [5.41, 5.74) is 3.65. The van der Waals surface area contributed by atoms with Gasteiger partial charge in [0.1, 0.15) is 0 Å². The maximum absolute atomic E-state index is 12.9. The van der Waals surface area contributed by atoms with Crippen molar-refractivity contribution in [1.29, 1.82) is 0 Å². The van der Waals surface area contributed by atoms with Crippen molar-refractivity contribution in [3.63, 3.8) is 0 Å². The fourth-order valence-corrected chi connectivity index (χ4v) is 3.89. The summed E-state index contributed by atoms with van der Waals surface area (Å²) in [6, 6.07) is 15.2. The van der Waals surface area contributed by atoms with Crippen LogP contribution in [0, 0.1) is 0 Å². The van der Waals surface area contributed by atoms with Crippen molar-refractivity contribution in [3.05, 3.63) is 70.4 Å². The van der Waals surface area contributed by atoms with Gasteiger partial charge in [-0.2, -0.15) is 13.2 Å². The normalized spacial score (nSPS) is 14.4. The van der Waals surface area contributed by atoms with Gasteiger partial charge in [0, 0.05) is 34.7 Å². The molecule has 1 amide bonds. The van der Waals surface area contributed by atoms with Crippen molar-refractivity contribution >= 4 is 28.4 Å². The lowest BCUT2D eigenvalue weighted by Gasteiger charge is -2.29. The number of amides is 1. The highest BCUT2D eigenvalue weighted by molar-refractivity contribution is 6.31. The van der Waals surface area contributed by atoms with E-state index in [2.05, 4.69) is 0 Å². The molecule has 0 radical (unpaired) electrons. The zero-order valence-corrected chi connectivity index (χ0v) is 15.0. The monoisotopic (exact) mass is 392 g/mol. The SMILES string of the molecule is O=C(N1CCc2c(n(Cc3ccccc3)c3ccc(Cl)cc23)C1)C(F)(F)F. The summed E-state index contributed by atoms with van der Waals surface area (Å²) >= 11 is 6.15. The summed E-state index contributed by atoms with van der Waals surface area (Å²) in [5.74, 6) is -1.79. The van der Waals surface area contributed by atoms with Crippen LogP contribution in [-0.4, -0.2) is 28.1 Å². The van der Waals surface area contributed by atoms with E-state index in [1.54, 1.807) is 6.07 Å². The van der Waals surface area contributed by atoms with Crippen molar-refractivity contribution in [3.8, 4) is 0 Å². The van der Waals surface area contributed by atoms with Crippen LogP contribution in [-0.2, 0) is 24.3 Å². The molecule has 2 aromatic carbocycles. The first-order valence-electron chi connectivity index (χ1n) is 8.54. The molecule has 0 saturated heterocycles. The van der Waals surface area contributed by atoms with Gasteiger partial charge < -0.3 is 9.47 Å². The van der Waals surface area contributed by atoms with Gasteiger partial charge in [-0.15, -0.1) is 0 Å². The van der Waals surface area contributed by atoms with Crippen LogP contribution in [0.15, 0.2) is 48.5 Å². The highest BCUT2D eigenvalue weighted by Gasteiger charge is 2.43. The fraction of sp³-hybridized carbons (Fsp3) is 0.250. The van der Waals surface area contributed by atoms with Gasteiger partial charge in [0.25, 0.3) is 0 Å². The van der Waals surface area contributed by atoms with Crippen LogP contribution < -0.4 is 0 Å². The van der Waals surface area contributed by atoms with E-state index in [0.717, 1.165) is 32.6 Å². The van der Waals surface area contributed by atoms with Gasteiger partial charge in [0.15, 0.2) is 0 Å². The molecule has 3 nitrogen and oxygen atoms in total. The molecule has 3 aromatic rings. The second-order valence-corrected chi connectivity index (χ2v) is 7.07. The van der Waals surface area contributed by atoms with E-state index in [-0.39, 0.29) is 13.1 Å². The van der Waals surface area contributed by atoms with E-state index in [1.165, 1.54) is 0 Å². The van der Waals surface area contributed by atoms with Gasteiger partial charge >= 0.3 is 12.1 Å². The number of hydrogen-bond donors (Lipinski definition) is 0. The Kier molecular flexibility index (Phi) is 4.38. The maximum atomic E-state index is 12.9. The molecular formula is C20H16ClF3N2O. The predicted molar refractivity (Wildman–Crippen MR) is 97.7 cm³/mol. The Balaban J connectivity index is 1.81. The lowest BCUT2D eigenvalue weighted by Crippen LogP contribution is -2.44. The van der Waals surface area contributed by atoms with Gasteiger partial charge in [-0.1, -0.05) is 41.9 Å². The predicted octanol–water partition coefficient (Wildman–Crippen LogP) is 4.79. The minimum Gasteiger partial charge on any atom is -0.338 e. The molecule has 7 heteroatoms. The largest absolute Gasteiger partial charge is 0.471 e. The van der Waals surface area contributed by atoms with Crippen LogP contribution in [0.2, 0.25) is 5.02 Å². The molecule has 0 fully saturated rings.